The number of carbonyl (C=O) groups excluding carboxylic acids is 2. The molecule has 0 saturated heterocycles. The Hall–Kier alpha value is -1.43. The van der Waals surface area contributed by atoms with E-state index in [0.717, 1.165) is 37.8 Å². The molecule has 1 aliphatic rings. The Bertz CT molecular complexity index is 461. The van der Waals surface area contributed by atoms with Gasteiger partial charge < -0.3 is 10.1 Å². The largest absolute Gasteiger partial charge is 0.469 e. The van der Waals surface area contributed by atoms with E-state index in [1.165, 1.54) is 18.4 Å². The SMILES string of the molecule is COC(=O)[C@@H]1CCCCC[C@@H]1NC(=O)CCc1cscn1. The Morgan fingerprint density at radius 2 is 2.19 bits per heavy atom. The number of aromatic nitrogens is 1. The first-order valence-electron chi connectivity index (χ1n) is 7.45. The number of hydrogen-bond acceptors (Lipinski definition) is 5. The van der Waals surface area contributed by atoms with Crippen molar-refractivity contribution in [2.75, 3.05) is 7.11 Å². The average molecular weight is 310 g/mol. The molecule has 1 fully saturated rings. The van der Waals surface area contributed by atoms with Gasteiger partial charge in [-0.25, -0.2) is 4.98 Å². The summed E-state index contributed by atoms with van der Waals surface area (Å²) in [4.78, 5) is 28.1. The van der Waals surface area contributed by atoms with E-state index >= 15 is 0 Å². The summed E-state index contributed by atoms with van der Waals surface area (Å²) >= 11 is 1.53. The number of rotatable bonds is 5. The molecule has 1 aromatic rings. The second-order valence-corrected chi connectivity index (χ2v) is 6.14. The Kier molecular flexibility index (Phi) is 6.17. The fraction of sp³-hybridized carbons (Fsp3) is 0.667. The first kappa shape index (κ1) is 15.9. The standard InChI is InChI=1S/C15H22N2O3S/c1-20-15(19)12-5-3-2-4-6-13(12)17-14(18)8-7-11-9-21-10-16-11/h9-10,12-13H,2-8H2,1H3,(H,17,18)/t12-,13+/m1/s1. The summed E-state index contributed by atoms with van der Waals surface area (Å²) in [6, 6.07) is -0.0946. The van der Waals surface area contributed by atoms with Gasteiger partial charge in [0.2, 0.25) is 5.91 Å². The van der Waals surface area contributed by atoms with Gasteiger partial charge in [-0.3, -0.25) is 9.59 Å². The smallest absolute Gasteiger partial charge is 0.310 e. The molecule has 6 heteroatoms. The van der Waals surface area contributed by atoms with Crippen LogP contribution < -0.4 is 5.32 Å². The van der Waals surface area contributed by atoms with Crippen LogP contribution in [0.2, 0.25) is 0 Å². The number of nitrogens with one attached hydrogen (secondary N) is 1. The van der Waals surface area contributed by atoms with Crippen molar-refractivity contribution < 1.29 is 14.3 Å². The van der Waals surface area contributed by atoms with Gasteiger partial charge in [-0.1, -0.05) is 19.3 Å². The molecule has 0 unspecified atom stereocenters. The highest BCUT2D eigenvalue weighted by Gasteiger charge is 2.31. The van der Waals surface area contributed by atoms with E-state index in [1.807, 2.05) is 5.38 Å². The molecule has 2 atom stereocenters. The lowest BCUT2D eigenvalue weighted by Gasteiger charge is -2.24. The topological polar surface area (TPSA) is 68.3 Å². The number of nitrogens with zero attached hydrogens (tertiary/aromatic N) is 1. The molecule has 1 heterocycles. The summed E-state index contributed by atoms with van der Waals surface area (Å²) in [5.74, 6) is -0.425. The molecular weight excluding hydrogens is 288 g/mol. The first-order chi connectivity index (χ1) is 10.2. The van der Waals surface area contributed by atoms with Gasteiger partial charge >= 0.3 is 5.97 Å². The normalized spacial score (nSPS) is 22.3. The molecule has 1 amide bonds. The van der Waals surface area contributed by atoms with Crippen LogP contribution in [-0.4, -0.2) is 30.0 Å². The molecule has 0 aromatic carbocycles. The second-order valence-electron chi connectivity index (χ2n) is 5.42. The Morgan fingerprint density at radius 3 is 2.90 bits per heavy atom. The Balaban J connectivity index is 1.87. The third-order valence-corrected chi connectivity index (χ3v) is 4.59. The third kappa shape index (κ3) is 4.81. The van der Waals surface area contributed by atoms with Gasteiger partial charge in [0.1, 0.15) is 0 Å². The number of methoxy groups -OCH3 is 1. The van der Waals surface area contributed by atoms with Crippen LogP contribution in [0.3, 0.4) is 0 Å². The zero-order valence-corrected chi connectivity index (χ0v) is 13.2. The number of aryl methyl sites for hydroxylation is 1. The lowest BCUT2D eigenvalue weighted by Crippen LogP contribution is -2.43. The number of thiazole rings is 1. The van der Waals surface area contributed by atoms with E-state index in [9.17, 15) is 9.59 Å². The van der Waals surface area contributed by atoms with Crippen LogP contribution in [-0.2, 0) is 20.7 Å². The predicted octanol–water partition coefficient (Wildman–Crippen LogP) is 2.31. The second kappa shape index (κ2) is 8.12. The molecule has 116 valence electrons. The molecule has 0 spiro atoms. The monoisotopic (exact) mass is 310 g/mol. The van der Waals surface area contributed by atoms with E-state index in [-0.39, 0.29) is 23.8 Å². The quantitative estimate of drug-likeness (QED) is 0.669. The van der Waals surface area contributed by atoms with E-state index in [0.29, 0.717) is 12.8 Å². The molecule has 0 radical (unpaired) electrons. The lowest BCUT2D eigenvalue weighted by molar-refractivity contribution is -0.147. The maximum Gasteiger partial charge on any atom is 0.310 e. The van der Waals surface area contributed by atoms with E-state index < -0.39 is 0 Å². The molecule has 0 bridgehead atoms. The number of amides is 1. The van der Waals surface area contributed by atoms with Gasteiger partial charge in [0.25, 0.3) is 0 Å². The summed E-state index contributed by atoms with van der Waals surface area (Å²) in [5.41, 5.74) is 2.71. The van der Waals surface area contributed by atoms with Crippen molar-refractivity contribution in [3.63, 3.8) is 0 Å². The van der Waals surface area contributed by atoms with Gasteiger partial charge in [0, 0.05) is 17.8 Å². The van der Waals surface area contributed by atoms with Gasteiger partial charge in [0.05, 0.1) is 24.2 Å². The maximum absolute atomic E-state index is 12.1. The van der Waals surface area contributed by atoms with Gasteiger partial charge in [-0.2, -0.15) is 0 Å². The number of ether oxygens (including phenoxy) is 1. The number of carbonyl (C=O) groups is 2. The summed E-state index contributed by atoms with van der Waals surface area (Å²) in [6.07, 6.45) is 5.87. The highest BCUT2D eigenvalue weighted by molar-refractivity contribution is 7.07. The fourth-order valence-electron chi connectivity index (χ4n) is 2.80. The van der Waals surface area contributed by atoms with Crippen LogP contribution >= 0.6 is 11.3 Å². The van der Waals surface area contributed by atoms with Gasteiger partial charge in [-0.15, -0.1) is 11.3 Å². The molecule has 2 rings (SSSR count). The third-order valence-electron chi connectivity index (χ3n) is 3.96. The molecule has 5 nitrogen and oxygen atoms in total. The van der Waals surface area contributed by atoms with Crippen molar-refractivity contribution in [1.29, 1.82) is 0 Å². The molecule has 1 N–H and O–H groups in total. The van der Waals surface area contributed by atoms with Crippen molar-refractivity contribution in [2.24, 2.45) is 5.92 Å². The van der Waals surface area contributed by atoms with Crippen molar-refractivity contribution in [2.45, 2.75) is 51.0 Å². The van der Waals surface area contributed by atoms with Crippen molar-refractivity contribution in [3.05, 3.63) is 16.6 Å². The van der Waals surface area contributed by atoms with Crippen LogP contribution in [0.25, 0.3) is 0 Å². The average Bonchev–Trinajstić information content (AvgIpc) is 2.91. The van der Waals surface area contributed by atoms with E-state index in [1.54, 1.807) is 5.51 Å². The molecule has 1 aliphatic carbocycles. The van der Waals surface area contributed by atoms with Crippen molar-refractivity contribution >= 4 is 23.2 Å². The minimum absolute atomic E-state index is 0.0104. The molecular formula is C15H22N2O3S. The van der Waals surface area contributed by atoms with Crippen LogP contribution in [0, 0.1) is 5.92 Å². The van der Waals surface area contributed by atoms with E-state index in [2.05, 4.69) is 10.3 Å². The summed E-state index contributed by atoms with van der Waals surface area (Å²) in [7, 11) is 1.41. The van der Waals surface area contributed by atoms with Crippen LogP contribution in [0.5, 0.6) is 0 Å². The molecule has 0 aliphatic heterocycles. The van der Waals surface area contributed by atoms with Crippen molar-refractivity contribution in [1.82, 2.24) is 10.3 Å². The zero-order chi connectivity index (χ0) is 15.1. The van der Waals surface area contributed by atoms with Crippen molar-refractivity contribution in [3.8, 4) is 0 Å². The first-order valence-corrected chi connectivity index (χ1v) is 8.39. The molecule has 21 heavy (non-hydrogen) atoms. The predicted molar refractivity (Wildman–Crippen MR) is 81.0 cm³/mol. The van der Waals surface area contributed by atoms with E-state index in [4.69, 9.17) is 4.74 Å². The lowest BCUT2D eigenvalue weighted by atomic mass is 9.94. The number of esters is 1. The Labute approximate surface area is 129 Å². The van der Waals surface area contributed by atoms with Gasteiger partial charge in [0.15, 0.2) is 0 Å². The van der Waals surface area contributed by atoms with Gasteiger partial charge in [-0.05, 0) is 19.3 Å². The minimum atomic E-state index is -0.208. The summed E-state index contributed by atoms with van der Waals surface area (Å²) < 4.78 is 4.88. The maximum atomic E-state index is 12.1. The van der Waals surface area contributed by atoms with Crippen LogP contribution in [0.4, 0.5) is 0 Å². The Morgan fingerprint density at radius 1 is 1.38 bits per heavy atom. The zero-order valence-electron chi connectivity index (χ0n) is 12.3. The van der Waals surface area contributed by atoms with Crippen LogP contribution in [0.15, 0.2) is 10.9 Å². The van der Waals surface area contributed by atoms with Crippen LogP contribution in [0.1, 0.15) is 44.2 Å². The highest BCUT2D eigenvalue weighted by atomic mass is 32.1. The fourth-order valence-corrected chi connectivity index (χ4v) is 3.39. The summed E-state index contributed by atoms with van der Waals surface area (Å²) in [5, 5.41) is 4.98. The number of hydrogen-bond donors (Lipinski definition) is 1. The molecule has 1 aromatic heterocycles. The highest BCUT2D eigenvalue weighted by Crippen LogP contribution is 2.24. The molecule has 1 saturated carbocycles. The minimum Gasteiger partial charge on any atom is -0.469 e. The summed E-state index contributed by atoms with van der Waals surface area (Å²) in [6.45, 7) is 0.